The summed E-state index contributed by atoms with van der Waals surface area (Å²) < 4.78 is 10.5. The van der Waals surface area contributed by atoms with E-state index in [-0.39, 0.29) is 11.9 Å². The lowest BCUT2D eigenvalue weighted by atomic mass is 10.0. The van der Waals surface area contributed by atoms with Crippen molar-refractivity contribution in [3.63, 3.8) is 0 Å². The Hall–Kier alpha value is -0.620. The number of β-lactam (4-membered cyclic amide) rings is 1. The molecular weight excluding hydrogens is 254 g/mol. The lowest BCUT2D eigenvalue weighted by Gasteiger charge is -2.37. The average molecular weight is 266 g/mol. The second-order valence-corrected chi connectivity index (χ2v) is 6.92. The van der Waals surface area contributed by atoms with E-state index in [4.69, 9.17) is 16.7 Å². The summed E-state index contributed by atoms with van der Waals surface area (Å²) in [5, 5.41) is 9.12. The van der Waals surface area contributed by atoms with E-state index in [2.05, 4.69) is 0 Å². The average Bonchev–Trinajstić information content (AvgIpc) is 2.47. The fraction of sp³-hybridized carbons (Fsp3) is 0.778. The van der Waals surface area contributed by atoms with Gasteiger partial charge in [-0.05, 0) is 0 Å². The molecular formula is C9H12ClNO4S. The molecule has 2 aliphatic rings. The Kier molecular flexibility index (Phi) is 2.74. The Morgan fingerprint density at radius 2 is 2.38 bits per heavy atom. The highest BCUT2D eigenvalue weighted by atomic mass is 35.5. The molecule has 5 nitrogen and oxygen atoms in total. The minimum absolute atomic E-state index is 0.151. The van der Waals surface area contributed by atoms with E-state index >= 15 is 0 Å². The first kappa shape index (κ1) is 11.9. The number of amides is 1. The molecule has 0 aromatic rings. The standard InChI is InChI=1S/C9H12ClNO4S/c1-2-16(15)9(10)4-5-3-6(12)11(5)7(9)8(13)14/h5,7H,2-4H2,1H3,(H,13,14)/t5?,7-,9?,16?/m1/s1. The molecule has 16 heavy (non-hydrogen) atoms. The number of nitrogens with zero attached hydrogens (tertiary/aromatic N) is 1. The summed E-state index contributed by atoms with van der Waals surface area (Å²) in [7, 11) is -1.44. The van der Waals surface area contributed by atoms with Gasteiger partial charge < -0.3 is 10.0 Å². The van der Waals surface area contributed by atoms with Gasteiger partial charge in [-0.1, -0.05) is 6.92 Å². The molecule has 2 heterocycles. The van der Waals surface area contributed by atoms with Crippen LogP contribution in [0.25, 0.3) is 0 Å². The van der Waals surface area contributed by atoms with Crippen LogP contribution in [0.15, 0.2) is 0 Å². The van der Waals surface area contributed by atoms with Gasteiger partial charge in [0.05, 0.1) is 0 Å². The molecule has 2 rings (SSSR count). The van der Waals surface area contributed by atoms with Crippen LogP contribution >= 0.6 is 11.6 Å². The van der Waals surface area contributed by atoms with Gasteiger partial charge in [0, 0.05) is 35.4 Å². The summed E-state index contributed by atoms with van der Waals surface area (Å²) in [6.45, 7) is 1.69. The predicted octanol–water partition coefficient (Wildman–Crippen LogP) is 0.148. The van der Waals surface area contributed by atoms with Crippen molar-refractivity contribution in [2.75, 3.05) is 5.75 Å². The van der Waals surface area contributed by atoms with Crippen molar-refractivity contribution in [1.82, 2.24) is 4.90 Å². The Bertz CT molecular complexity index is 388. The fourth-order valence-electron chi connectivity index (χ4n) is 2.42. The van der Waals surface area contributed by atoms with Gasteiger partial charge >= 0.3 is 5.97 Å². The molecule has 0 spiro atoms. The van der Waals surface area contributed by atoms with Crippen LogP contribution in [0, 0.1) is 0 Å². The van der Waals surface area contributed by atoms with Crippen molar-refractivity contribution in [3.05, 3.63) is 0 Å². The number of carbonyl (C=O) groups is 2. The number of carbonyl (C=O) groups excluding carboxylic acids is 1. The van der Waals surface area contributed by atoms with Gasteiger partial charge in [-0.2, -0.15) is 0 Å². The lowest BCUT2D eigenvalue weighted by Crippen LogP contribution is -2.57. The van der Waals surface area contributed by atoms with E-state index in [9.17, 15) is 13.8 Å². The molecule has 0 saturated carbocycles. The molecule has 90 valence electrons. The SMILES string of the molecule is CCS(=O)C1(Cl)CC2CC(=O)N2[C@@H]1C(=O)O. The molecule has 3 unspecified atom stereocenters. The maximum Gasteiger partial charge on any atom is 0.329 e. The van der Waals surface area contributed by atoms with Gasteiger partial charge in [0.15, 0.2) is 10.2 Å². The molecule has 0 bridgehead atoms. The van der Waals surface area contributed by atoms with Gasteiger partial charge in [0.1, 0.15) is 0 Å². The number of carboxylic acids is 1. The highest BCUT2D eigenvalue weighted by Crippen LogP contribution is 2.47. The number of aliphatic carboxylic acids is 1. The first-order valence-electron chi connectivity index (χ1n) is 5.03. The zero-order valence-electron chi connectivity index (χ0n) is 8.68. The Morgan fingerprint density at radius 3 is 2.81 bits per heavy atom. The number of hydrogen-bond donors (Lipinski definition) is 1. The third-order valence-electron chi connectivity index (χ3n) is 3.17. The number of alkyl halides is 1. The molecule has 1 N–H and O–H groups in total. The molecule has 2 aliphatic heterocycles. The van der Waals surface area contributed by atoms with Gasteiger partial charge in [-0.3, -0.25) is 9.00 Å². The van der Waals surface area contributed by atoms with E-state index < -0.39 is 27.0 Å². The van der Waals surface area contributed by atoms with E-state index in [1.54, 1.807) is 6.92 Å². The molecule has 4 atom stereocenters. The van der Waals surface area contributed by atoms with Crippen LogP contribution in [0.2, 0.25) is 0 Å². The molecule has 0 aliphatic carbocycles. The van der Waals surface area contributed by atoms with Gasteiger partial charge in [0.2, 0.25) is 5.91 Å². The molecule has 0 aromatic carbocycles. The monoisotopic (exact) mass is 265 g/mol. The lowest BCUT2D eigenvalue weighted by molar-refractivity contribution is -0.156. The summed E-state index contributed by atoms with van der Waals surface area (Å²) in [4.78, 5) is 23.8. The van der Waals surface area contributed by atoms with Crippen molar-refractivity contribution >= 4 is 34.3 Å². The van der Waals surface area contributed by atoms with Crippen LogP contribution in [0.1, 0.15) is 19.8 Å². The van der Waals surface area contributed by atoms with Crippen molar-refractivity contribution in [1.29, 1.82) is 0 Å². The second-order valence-electron chi connectivity index (χ2n) is 4.02. The van der Waals surface area contributed by atoms with Crippen molar-refractivity contribution < 1.29 is 18.9 Å². The minimum atomic E-state index is -1.44. The third-order valence-corrected chi connectivity index (χ3v) is 5.72. The molecule has 2 saturated heterocycles. The third kappa shape index (κ3) is 1.39. The Labute approximate surface area is 100 Å². The first-order valence-corrected chi connectivity index (χ1v) is 6.73. The van der Waals surface area contributed by atoms with Crippen molar-refractivity contribution in [2.24, 2.45) is 0 Å². The summed E-state index contributed by atoms with van der Waals surface area (Å²) in [6.07, 6.45) is 0.622. The maximum absolute atomic E-state index is 11.9. The van der Waals surface area contributed by atoms with Crippen molar-refractivity contribution in [2.45, 2.75) is 36.1 Å². The van der Waals surface area contributed by atoms with E-state index in [0.29, 0.717) is 18.6 Å². The molecule has 0 aromatic heterocycles. The zero-order valence-corrected chi connectivity index (χ0v) is 10.3. The summed E-state index contributed by atoms with van der Waals surface area (Å²) in [6, 6.07) is -1.30. The predicted molar refractivity (Wildman–Crippen MR) is 58.6 cm³/mol. The van der Waals surface area contributed by atoms with E-state index in [0.717, 1.165) is 0 Å². The van der Waals surface area contributed by atoms with E-state index in [1.807, 2.05) is 0 Å². The number of rotatable bonds is 3. The zero-order chi connectivity index (χ0) is 12.1. The van der Waals surface area contributed by atoms with Gasteiger partial charge in [0.25, 0.3) is 0 Å². The summed E-state index contributed by atoms with van der Waals surface area (Å²) >= 11 is 6.20. The number of hydrogen-bond acceptors (Lipinski definition) is 3. The van der Waals surface area contributed by atoms with Crippen LogP contribution in [-0.4, -0.2) is 48.1 Å². The number of halogens is 1. The summed E-state index contributed by atoms with van der Waals surface area (Å²) in [5.74, 6) is -1.09. The molecule has 1 amide bonds. The topological polar surface area (TPSA) is 74.7 Å². The largest absolute Gasteiger partial charge is 0.480 e. The summed E-state index contributed by atoms with van der Waals surface area (Å²) in [5.41, 5.74) is 0. The van der Waals surface area contributed by atoms with Gasteiger partial charge in [-0.15, -0.1) is 11.6 Å². The van der Waals surface area contributed by atoms with Gasteiger partial charge in [-0.25, -0.2) is 4.79 Å². The van der Waals surface area contributed by atoms with Crippen LogP contribution in [-0.2, 0) is 20.4 Å². The fourth-order valence-corrected chi connectivity index (χ4v) is 4.45. The Morgan fingerprint density at radius 1 is 1.75 bits per heavy atom. The van der Waals surface area contributed by atoms with Crippen LogP contribution in [0.4, 0.5) is 0 Å². The van der Waals surface area contributed by atoms with Crippen LogP contribution < -0.4 is 0 Å². The maximum atomic E-state index is 11.9. The molecule has 7 heteroatoms. The smallest absolute Gasteiger partial charge is 0.329 e. The highest BCUT2D eigenvalue weighted by molar-refractivity contribution is 7.88. The van der Waals surface area contributed by atoms with Crippen LogP contribution in [0.5, 0.6) is 0 Å². The normalized spacial score (nSPS) is 39.1. The Balaban J connectivity index is 2.36. The second kappa shape index (κ2) is 3.70. The number of carboxylic acid groups (broad SMARTS) is 1. The molecule has 2 fully saturated rings. The number of fused-ring (bicyclic) bond motifs is 1. The van der Waals surface area contributed by atoms with E-state index in [1.165, 1.54) is 4.90 Å². The molecule has 0 radical (unpaired) electrons. The minimum Gasteiger partial charge on any atom is -0.480 e. The van der Waals surface area contributed by atoms with Crippen LogP contribution in [0.3, 0.4) is 0 Å². The highest BCUT2D eigenvalue weighted by Gasteiger charge is 2.63. The quantitative estimate of drug-likeness (QED) is 0.582. The van der Waals surface area contributed by atoms with Crippen molar-refractivity contribution in [3.8, 4) is 0 Å². The first-order chi connectivity index (χ1) is 7.41.